The molecule has 0 saturated heterocycles. The molecule has 0 N–H and O–H groups in total. The van der Waals surface area contributed by atoms with Gasteiger partial charge in [0, 0.05) is 16.0 Å². The summed E-state index contributed by atoms with van der Waals surface area (Å²) in [4.78, 5) is 5.55. The number of rotatable bonds is 2. The molecule has 0 aliphatic heterocycles. The van der Waals surface area contributed by atoms with Crippen molar-refractivity contribution < 1.29 is 0 Å². The van der Waals surface area contributed by atoms with Gasteiger partial charge in [0.25, 0.3) is 0 Å². The van der Waals surface area contributed by atoms with Gasteiger partial charge in [-0.15, -0.1) is 11.3 Å². The van der Waals surface area contributed by atoms with Crippen LogP contribution in [0.25, 0.3) is 21.7 Å². The summed E-state index contributed by atoms with van der Waals surface area (Å²) < 4.78 is 0.588. The number of hydrogen-bond donors (Lipinski definition) is 0. The smallest absolute Gasteiger partial charge is 0.125 e. The zero-order chi connectivity index (χ0) is 13.9. The second-order valence-corrected chi connectivity index (χ2v) is 5.87. The van der Waals surface area contributed by atoms with E-state index >= 15 is 0 Å². The Labute approximate surface area is 129 Å². The fraction of sp³-hybridized carbons (Fsp3) is 0. The van der Waals surface area contributed by atoms with Gasteiger partial charge in [-0.1, -0.05) is 36.4 Å². The largest absolute Gasteiger partial charge is 0.239 e. The highest BCUT2D eigenvalue weighted by atomic mass is 79.9. The van der Waals surface area contributed by atoms with Crippen molar-refractivity contribution >= 4 is 27.3 Å². The van der Waals surface area contributed by atoms with Crippen LogP contribution in [0.5, 0.6) is 0 Å². The summed E-state index contributed by atoms with van der Waals surface area (Å²) >= 11 is 5.03. The Bertz CT molecular complexity index is 774. The molecule has 0 bridgehead atoms. The van der Waals surface area contributed by atoms with E-state index in [2.05, 4.69) is 27.0 Å². The molecule has 0 unspecified atom stereocenters. The maximum absolute atomic E-state index is 9.34. The van der Waals surface area contributed by atoms with Crippen molar-refractivity contribution in [2.24, 2.45) is 0 Å². The minimum Gasteiger partial charge on any atom is -0.239 e. The first-order valence-electron chi connectivity index (χ1n) is 5.99. The molecule has 0 aliphatic carbocycles. The summed E-state index contributed by atoms with van der Waals surface area (Å²) in [6.07, 6.45) is 0. The molecule has 96 valence electrons. The summed E-state index contributed by atoms with van der Waals surface area (Å²) in [5.41, 5.74) is 3.39. The van der Waals surface area contributed by atoms with E-state index in [0.29, 0.717) is 10.2 Å². The molecule has 3 rings (SSSR count). The number of hydrogen-bond acceptors (Lipinski definition) is 3. The van der Waals surface area contributed by atoms with Gasteiger partial charge in [0.15, 0.2) is 0 Å². The third kappa shape index (κ3) is 2.38. The fourth-order valence-electron chi connectivity index (χ4n) is 2.00. The number of nitriles is 1. The first-order chi connectivity index (χ1) is 9.79. The van der Waals surface area contributed by atoms with E-state index in [1.807, 2.05) is 53.9 Å². The summed E-state index contributed by atoms with van der Waals surface area (Å²) in [5, 5.41) is 11.4. The maximum atomic E-state index is 9.34. The van der Waals surface area contributed by atoms with Gasteiger partial charge in [0.05, 0.1) is 11.3 Å². The first-order valence-corrected chi connectivity index (χ1v) is 7.67. The van der Waals surface area contributed by atoms with Crippen LogP contribution in [0.15, 0.2) is 58.5 Å². The Kier molecular flexibility index (Phi) is 3.64. The number of thiophene rings is 1. The molecule has 1 aromatic carbocycles. The van der Waals surface area contributed by atoms with Gasteiger partial charge < -0.3 is 0 Å². The molecule has 0 amide bonds. The highest BCUT2D eigenvalue weighted by molar-refractivity contribution is 9.10. The Morgan fingerprint density at radius 3 is 2.55 bits per heavy atom. The van der Waals surface area contributed by atoms with Gasteiger partial charge in [-0.3, -0.25) is 0 Å². The second kappa shape index (κ2) is 5.58. The predicted molar refractivity (Wildman–Crippen MR) is 85.4 cm³/mol. The molecule has 4 heteroatoms. The van der Waals surface area contributed by atoms with Crippen molar-refractivity contribution in [3.05, 3.63) is 64.1 Å². The van der Waals surface area contributed by atoms with Gasteiger partial charge in [-0.25, -0.2) is 4.98 Å². The Hall–Kier alpha value is -1.96. The quantitative estimate of drug-likeness (QED) is 0.607. The molecular formula is C16H9BrN2S. The zero-order valence-electron chi connectivity index (χ0n) is 10.4. The Morgan fingerprint density at radius 1 is 1.10 bits per heavy atom. The lowest BCUT2D eigenvalue weighted by atomic mass is 10.0. The van der Waals surface area contributed by atoms with E-state index in [0.717, 1.165) is 21.7 Å². The monoisotopic (exact) mass is 340 g/mol. The lowest BCUT2D eigenvalue weighted by Gasteiger charge is -2.08. The number of halogens is 1. The third-order valence-electron chi connectivity index (χ3n) is 2.94. The van der Waals surface area contributed by atoms with E-state index in [9.17, 15) is 5.26 Å². The molecule has 2 heterocycles. The molecule has 2 nitrogen and oxygen atoms in total. The second-order valence-electron chi connectivity index (χ2n) is 4.18. The van der Waals surface area contributed by atoms with Crippen molar-refractivity contribution in [1.82, 2.24) is 4.98 Å². The maximum Gasteiger partial charge on any atom is 0.125 e. The highest BCUT2D eigenvalue weighted by Gasteiger charge is 2.13. The van der Waals surface area contributed by atoms with Crippen LogP contribution in [-0.2, 0) is 0 Å². The standard InChI is InChI=1S/C16H9BrN2S/c17-16-13(10-18)12(15-7-4-8-20-15)9-14(19-16)11-5-2-1-3-6-11/h1-9H. The summed E-state index contributed by atoms with van der Waals surface area (Å²) in [6.45, 7) is 0. The van der Waals surface area contributed by atoms with Gasteiger partial charge in [0.2, 0.25) is 0 Å². The highest BCUT2D eigenvalue weighted by Crippen LogP contribution is 2.34. The van der Waals surface area contributed by atoms with Gasteiger partial charge in [0.1, 0.15) is 10.7 Å². The minimum atomic E-state index is 0.576. The SMILES string of the molecule is N#Cc1c(-c2cccs2)cc(-c2ccccc2)nc1Br. The number of nitrogens with zero attached hydrogens (tertiary/aromatic N) is 2. The van der Waals surface area contributed by atoms with E-state index in [1.165, 1.54) is 0 Å². The normalized spacial score (nSPS) is 10.2. The number of aromatic nitrogens is 1. The van der Waals surface area contributed by atoms with Gasteiger partial charge in [-0.2, -0.15) is 5.26 Å². The predicted octanol–water partition coefficient (Wildman–Crippen LogP) is 5.11. The van der Waals surface area contributed by atoms with Crippen molar-refractivity contribution in [3.8, 4) is 27.8 Å². The van der Waals surface area contributed by atoms with Crippen LogP contribution in [-0.4, -0.2) is 4.98 Å². The lowest BCUT2D eigenvalue weighted by molar-refractivity contribution is 1.26. The Balaban J connectivity index is 2.24. The number of pyridine rings is 1. The van der Waals surface area contributed by atoms with Crippen molar-refractivity contribution in [2.75, 3.05) is 0 Å². The third-order valence-corrected chi connectivity index (χ3v) is 4.42. The topological polar surface area (TPSA) is 36.7 Å². The summed E-state index contributed by atoms with van der Waals surface area (Å²) in [6, 6.07) is 18.2. The average molecular weight is 341 g/mol. The van der Waals surface area contributed by atoms with Crippen molar-refractivity contribution in [2.45, 2.75) is 0 Å². The molecule has 3 aromatic rings. The molecule has 0 spiro atoms. The molecule has 0 radical (unpaired) electrons. The average Bonchev–Trinajstić information content (AvgIpc) is 3.01. The summed E-state index contributed by atoms with van der Waals surface area (Å²) in [7, 11) is 0. The first kappa shape index (κ1) is 13.0. The molecule has 20 heavy (non-hydrogen) atoms. The van der Waals surface area contributed by atoms with Crippen LogP contribution in [0.3, 0.4) is 0 Å². The van der Waals surface area contributed by atoms with Crippen LogP contribution in [0.4, 0.5) is 0 Å². The molecule has 0 fully saturated rings. The van der Waals surface area contributed by atoms with Crippen LogP contribution < -0.4 is 0 Å². The molecule has 0 aliphatic rings. The van der Waals surface area contributed by atoms with Crippen molar-refractivity contribution in [1.29, 1.82) is 5.26 Å². The van der Waals surface area contributed by atoms with E-state index in [-0.39, 0.29) is 0 Å². The minimum absolute atomic E-state index is 0.576. The molecule has 0 saturated carbocycles. The van der Waals surface area contributed by atoms with E-state index < -0.39 is 0 Å². The van der Waals surface area contributed by atoms with E-state index in [4.69, 9.17) is 0 Å². The fourth-order valence-corrected chi connectivity index (χ4v) is 3.25. The lowest BCUT2D eigenvalue weighted by Crippen LogP contribution is -1.92. The summed E-state index contributed by atoms with van der Waals surface area (Å²) in [5.74, 6) is 0. The van der Waals surface area contributed by atoms with Crippen LogP contribution in [0.1, 0.15) is 5.56 Å². The van der Waals surface area contributed by atoms with Crippen LogP contribution >= 0.6 is 27.3 Å². The van der Waals surface area contributed by atoms with Gasteiger partial charge >= 0.3 is 0 Å². The van der Waals surface area contributed by atoms with Gasteiger partial charge in [-0.05, 0) is 33.4 Å². The molecular weight excluding hydrogens is 332 g/mol. The number of benzene rings is 1. The van der Waals surface area contributed by atoms with E-state index in [1.54, 1.807) is 11.3 Å². The molecule has 0 atom stereocenters. The van der Waals surface area contributed by atoms with Crippen LogP contribution in [0, 0.1) is 11.3 Å². The van der Waals surface area contributed by atoms with Crippen LogP contribution in [0.2, 0.25) is 0 Å². The Morgan fingerprint density at radius 2 is 1.90 bits per heavy atom. The zero-order valence-corrected chi connectivity index (χ0v) is 12.8. The molecule has 2 aromatic heterocycles. The van der Waals surface area contributed by atoms with Crippen molar-refractivity contribution in [3.63, 3.8) is 0 Å².